The summed E-state index contributed by atoms with van der Waals surface area (Å²) >= 11 is 0. The van der Waals surface area contributed by atoms with Gasteiger partial charge in [0.15, 0.2) is 0 Å². The van der Waals surface area contributed by atoms with Gasteiger partial charge < -0.3 is 10.2 Å². The Morgan fingerprint density at radius 3 is 2.44 bits per heavy atom. The van der Waals surface area contributed by atoms with E-state index >= 15 is 0 Å². The van der Waals surface area contributed by atoms with Crippen molar-refractivity contribution >= 4 is 22.6 Å². The molecule has 6 nitrogen and oxygen atoms in total. The van der Waals surface area contributed by atoms with E-state index in [9.17, 15) is 9.18 Å². The lowest BCUT2D eigenvalue weighted by Gasteiger charge is -2.32. The maximum Gasteiger partial charge on any atom is 0.255 e. The number of nitrogens with zero attached hydrogens (tertiary/aromatic N) is 4. The number of rotatable bonds is 6. The highest BCUT2D eigenvalue weighted by atomic mass is 19.1. The molecular weight excluding hydrogens is 489 g/mol. The maximum atomic E-state index is 14.2. The van der Waals surface area contributed by atoms with Gasteiger partial charge in [-0.15, -0.1) is 0 Å². The van der Waals surface area contributed by atoms with Crippen molar-refractivity contribution in [1.82, 2.24) is 14.8 Å². The van der Waals surface area contributed by atoms with Gasteiger partial charge in [-0.3, -0.25) is 9.69 Å². The first-order chi connectivity index (χ1) is 19.1. The molecule has 7 heteroatoms. The molecule has 1 aromatic heterocycles. The van der Waals surface area contributed by atoms with Crippen molar-refractivity contribution in [3.63, 3.8) is 0 Å². The number of benzene rings is 3. The van der Waals surface area contributed by atoms with E-state index in [0.29, 0.717) is 23.5 Å². The van der Waals surface area contributed by atoms with E-state index in [-0.39, 0.29) is 17.9 Å². The molecule has 0 radical (unpaired) electrons. The number of hydrogen-bond acceptors (Lipinski definition) is 5. The van der Waals surface area contributed by atoms with E-state index in [2.05, 4.69) is 16.3 Å². The third-order valence-corrected chi connectivity index (χ3v) is 7.82. The van der Waals surface area contributed by atoms with E-state index in [1.807, 2.05) is 41.3 Å². The Morgan fingerprint density at radius 1 is 0.949 bits per heavy atom. The van der Waals surface area contributed by atoms with Gasteiger partial charge in [-0.1, -0.05) is 30.3 Å². The first-order valence-corrected chi connectivity index (χ1v) is 13.6. The number of carbonyl (C=O) groups is 1. The first kappa shape index (κ1) is 25.0. The highest BCUT2D eigenvalue weighted by molar-refractivity contribution is 6.08. The quantitative estimate of drug-likeness (QED) is 0.329. The van der Waals surface area contributed by atoms with Crippen LogP contribution >= 0.6 is 0 Å². The Morgan fingerprint density at radius 2 is 1.69 bits per heavy atom. The average Bonchev–Trinajstić information content (AvgIpc) is 3.68. The van der Waals surface area contributed by atoms with Crippen LogP contribution in [0.25, 0.3) is 22.0 Å². The van der Waals surface area contributed by atoms with Gasteiger partial charge in [0.05, 0.1) is 28.9 Å². The van der Waals surface area contributed by atoms with Gasteiger partial charge in [0.25, 0.3) is 5.91 Å². The van der Waals surface area contributed by atoms with Gasteiger partial charge in [0, 0.05) is 31.6 Å². The molecule has 39 heavy (non-hydrogen) atoms. The van der Waals surface area contributed by atoms with Gasteiger partial charge in [0.1, 0.15) is 11.6 Å². The van der Waals surface area contributed by atoms with Gasteiger partial charge in [-0.05, 0) is 84.8 Å². The summed E-state index contributed by atoms with van der Waals surface area (Å²) in [6, 6.07) is 23.8. The van der Waals surface area contributed by atoms with E-state index in [0.717, 1.165) is 60.1 Å². The summed E-state index contributed by atoms with van der Waals surface area (Å²) in [6.45, 7) is 3.30. The summed E-state index contributed by atoms with van der Waals surface area (Å²) in [6.07, 6.45) is 4.51. The monoisotopic (exact) mass is 519 g/mol. The molecule has 1 amide bonds. The largest absolute Gasteiger partial charge is 0.366 e. The number of amides is 1. The van der Waals surface area contributed by atoms with Crippen molar-refractivity contribution < 1.29 is 9.18 Å². The van der Waals surface area contributed by atoms with E-state index in [4.69, 9.17) is 10.2 Å². The van der Waals surface area contributed by atoms with Crippen LogP contribution in [-0.2, 0) is 6.54 Å². The number of anilines is 1. The molecule has 3 aromatic carbocycles. The van der Waals surface area contributed by atoms with Gasteiger partial charge >= 0.3 is 0 Å². The van der Waals surface area contributed by atoms with Crippen molar-refractivity contribution in [2.45, 2.75) is 38.4 Å². The summed E-state index contributed by atoms with van der Waals surface area (Å²) in [4.78, 5) is 23.5. The fourth-order valence-electron chi connectivity index (χ4n) is 5.76. The molecule has 1 unspecified atom stereocenters. The lowest BCUT2D eigenvalue weighted by molar-refractivity contribution is 0.0533. The molecule has 1 N–H and O–H groups in total. The number of nitriles is 1. The summed E-state index contributed by atoms with van der Waals surface area (Å²) in [5.74, 6) is 0.364. The molecule has 0 aliphatic carbocycles. The zero-order valence-electron chi connectivity index (χ0n) is 21.7. The second kappa shape index (κ2) is 10.8. The van der Waals surface area contributed by atoms with Crippen molar-refractivity contribution in [3.8, 4) is 17.2 Å². The Balaban J connectivity index is 1.38. The number of likely N-dealkylation sites (tertiary alicyclic amines) is 2. The number of nitrogens with one attached hydrogen (secondary N) is 1. The van der Waals surface area contributed by atoms with E-state index < -0.39 is 0 Å². The molecule has 196 valence electrons. The van der Waals surface area contributed by atoms with Crippen LogP contribution in [0.15, 0.2) is 72.8 Å². The normalized spacial score (nSPS) is 17.4. The smallest absolute Gasteiger partial charge is 0.255 e. The van der Waals surface area contributed by atoms with Crippen LogP contribution in [0.2, 0.25) is 0 Å². The van der Waals surface area contributed by atoms with Crippen LogP contribution < -0.4 is 5.32 Å². The fraction of sp³-hybridized carbons (Fsp3) is 0.281. The average molecular weight is 520 g/mol. The molecule has 3 heterocycles. The minimum absolute atomic E-state index is 0.0265. The van der Waals surface area contributed by atoms with E-state index in [1.54, 1.807) is 24.3 Å². The van der Waals surface area contributed by atoms with Gasteiger partial charge in [-0.2, -0.15) is 5.26 Å². The Kier molecular flexibility index (Phi) is 6.95. The maximum absolute atomic E-state index is 14.2. The summed E-state index contributed by atoms with van der Waals surface area (Å²) in [7, 11) is 0. The number of fused-ring (bicyclic) bond motifs is 1. The highest BCUT2D eigenvalue weighted by Gasteiger charge is 2.35. The Hall–Kier alpha value is -4.28. The molecule has 2 aliphatic rings. The molecule has 0 spiro atoms. The molecule has 6 rings (SSSR count). The zero-order valence-corrected chi connectivity index (χ0v) is 21.7. The minimum atomic E-state index is -0.272. The lowest BCUT2D eigenvalue weighted by atomic mass is 9.99. The Bertz CT molecular complexity index is 1540. The van der Waals surface area contributed by atoms with Crippen molar-refractivity contribution in [3.05, 3.63) is 95.3 Å². The van der Waals surface area contributed by atoms with Gasteiger partial charge in [0.2, 0.25) is 0 Å². The van der Waals surface area contributed by atoms with Crippen molar-refractivity contribution in [2.24, 2.45) is 0 Å². The van der Waals surface area contributed by atoms with Crippen LogP contribution in [0.1, 0.15) is 47.2 Å². The topological polar surface area (TPSA) is 72.3 Å². The Labute approximate surface area is 227 Å². The predicted molar refractivity (Wildman–Crippen MR) is 150 cm³/mol. The van der Waals surface area contributed by atoms with Crippen LogP contribution in [0.3, 0.4) is 0 Å². The third-order valence-electron chi connectivity index (χ3n) is 7.82. The second-order valence-corrected chi connectivity index (χ2v) is 10.3. The zero-order chi connectivity index (χ0) is 26.8. The number of pyridine rings is 1. The standard InChI is InChI=1S/C32H30FN5O/c33-26-12-7-23(8-13-26)21-35-30-19-28(32(39)38-17-3-4-31(38)37-15-1-2-16-37)27-18-25(11-14-29(27)36-30)24-9-5-22(20-34)6-10-24/h5-14,18-19,31H,1-4,15-17,21H2,(H,35,36). The molecule has 2 aliphatic heterocycles. The molecule has 2 fully saturated rings. The highest BCUT2D eigenvalue weighted by Crippen LogP contribution is 2.32. The number of aromatic nitrogens is 1. The fourth-order valence-corrected chi connectivity index (χ4v) is 5.76. The molecule has 0 saturated carbocycles. The second-order valence-electron chi connectivity index (χ2n) is 10.3. The molecule has 0 bridgehead atoms. The van der Waals surface area contributed by atoms with Gasteiger partial charge in [-0.25, -0.2) is 9.37 Å². The van der Waals surface area contributed by atoms with Crippen LogP contribution in [0.4, 0.5) is 10.2 Å². The van der Waals surface area contributed by atoms with Crippen molar-refractivity contribution in [2.75, 3.05) is 25.0 Å². The summed E-state index contributed by atoms with van der Waals surface area (Å²) < 4.78 is 13.4. The van der Waals surface area contributed by atoms with Crippen LogP contribution in [-0.4, -0.2) is 46.5 Å². The summed E-state index contributed by atoms with van der Waals surface area (Å²) in [5, 5.41) is 13.3. The van der Waals surface area contributed by atoms with Crippen LogP contribution in [0.5, 0.6) is 0 Å². The first-order valence-electron chi connectivity index (χ1n) is 13.6. The molecular formula is C32H30FN5O. The summed E-state index contributed by atoms with van der Waals surface area (Å²) in [5.41, 5.74) is 4.84. The molecule has 4 aromatic rings. The third kappa shape index (κ3) is 5.21. The van der Waals surface area contributed by atoms with Crippen molar-refractivity contribution in [1.29, 1.82) is 5.26 Å². The lowest BCUT2D eigenvalue weighted by Crippen LogP contribution is -2.46. The number of halogens is 1. The number of hydrogen-bond donors (Lipinski definition) is 1. The SMILES string of the molecule is N#Cc1ccc(-c2ccc3nc(NCc4ccc(F)cc4)cc(C(=O)N4CCCC4N4CCCC4)c3c2)cc1. The predicted octanol–water partition coefficient (Wildman–Crippen LogP) is 6.18. The molecule has 2 saturated heterocycles. The number of carbonyl (C=O) groups excluding carboxylic acids is 1. The van der Waals surface area contributed by atoms with E-state index in [1.165, 1.54) is 25.0 Å². The van der Waals surface area contributed by atoms with Crippen LogP contribution in [0, 0.1) is 17.1 Å². The molecule has 1 atom stereocenters. The minimum Gasteiger partial charge on any atom is -0.366 e.